The molecular weight excluding hydrogens is 366 g/mol. The molecule has 1 fully saturated rings. The number of rotatable bonds is 7. The number of amides is 3. The molecule has 0 aliphatic carbocycles. The quantitative estimate of drug-likeness (QED) is 0.544. The molecule has 158 valence electrons. The third-order valence-corrected chi connectivity index (χ3v) is 5.86. The number of nitrogens with two attached hydrogens (primary N) is 1. The van der Waals surface area contributed by atoms with E-state index in [0.29, 0.717) is 24.1 Å². The summed E-state index contributed by atoms with van der Waals surface area (Å²) in [6.45, 7) is 9.33. The molecule has 1 aromatic carbocycles. The fourth-order valence-electron chi connectivity index (χ4n) is 5.09. The Hall–Kier alpha value is -2.21. The molecule has 2 heterocycles. The van der Waals surface area contributed by atoms with Crippen LogP contribution >= 0.6 is 0 Å². The average Bonchev–Trinajstić information content (AvgIpc) is 2.83. The van der Waals surface area contributed by atoms with Gasteiger partial charge in [-0.25, -0.2) is 0 Å². The van der Waals surface area contributed by atoms with E-state index in [1.54, 1.807) is 24.3 Å². The molecule has 0 saturated carbocycles. The first-order valence-corrected chi connectivity index (χ1v) is 10.7. The number of hydrogen-bond acceptors (Lipinski definition) is 3. The topological polar surface area (TPSA) is 83.1 Å². The number of unbranched alkanes of at least 4 members (excludes halogenated alkanes) is 2. The van der Waals surface area contributed by atoms with Gasteiger partial charge in [0.05, 0.1) is 22.2 Å². The Labute approximate surface area is 173 Å². The van der Waals surface area contributed by atoms with Crippen molar-refractivity contribution in [3.05, 3.63) is 35.4 Å². The smallest absolute Gasteiger partial charge is 0.261 e. The molecule has 3 N–H and O–H groups in total. The number of hydrogen-bond donors (Lipinski definition) is 2. The molecule has 0 aromatic heterocycles. The number of imide groups is 1. The second-order valence-electron chi connectivity index (χ2n) is 9.91. The first-order chi connectivity index (χ1) is 13.6. The molecule has 0 atom stereocenters. The molecule has 6 heteroatoms. The summed E-state index contributed by atoms with van der Waals surface area (Å²) in [5, 5.41) is 5.62. The van der Waals surface area contributed by atoms with Crippen LogP contribution in [-0.4, -0.2) is 46.3 Å². The van der Waals surface area contributed by atoms with E-state index in [1.807, 2.05) is 0 Å². The van der Waals surface area contributed by atoms with Crippen LogP contribution < -0.4 is 10.6 Å². The highest BCUT2D eigenvalue weighted by Gasteiger charge is 2.42. The van der Waals surface area contributed by atoms with Gasteiger partial charge in [0.15, 0.2) is 0 Å². The second-order valence-corrected chi connectivity index (χ2v) is 9.91. The van der Waals surface area contributed by atoms with Crippen LogP contribution in [0.5, 0.6) is 0 Å². The van der Waals surface area contributed by atoms with E-state index < -0.39 is 0 Å². The minimum absolute atomic E-state index is 0.101. The summed E-state index contributed by atoms with van der Waals surface area (Å²) in [6, 6.07) is 7.17. The van der Waals surface area contributed by atoms with Crippen LogP contribution in [-0.2, 0) is 4.79 Å². The van der Waals surface area contributed by atoms with Crippen molar-refractivity contribution >= 4 is 17.7 Å². The van der Waals surface area contributed by atoms with Crippen LogP contribution in [0.25, 0.3) is 0 Å². The molecule has 1 aromatic rings. The van der Waals surface area contributed by atoms with Gasteiger partial charge in [0, 0.05) is 31.8 Å². The van der Waals surface area contributed by atoms with Gasteiger partial charge in [0.1, 0.15) is 0 Å². The zero-order chi connectivity index (χ0) is 21.2. The fraction of sp³-hybridized carbons (Fsp3) is 0.609. The van der Waals surface area contributed by atoms with Crippen molar-refractivity contribution in [2.24, 2.45) is 0 Å². The maximum absolute atomic E-state index is 12.4. The molecule has 29 heavy (non-hydrogen) atoms. The highest BCUT2D eigenvalue weighted by Crippen LogP contribution is 2.23. The maximum atomic E-state index is 12.4. The van der Waals surface area contributed by atoms with Crippen LogP contribution in [0.3, 0.4) is 0 Å². The minimum atomic E-state index is -0.206. The standard InChI is InChI=1S/C23H33N3O3/c1-22(2)14-16(15-23(3,4)25-22)24-19(27)12-6-5-9-13-26-20(28)17-10-7-8-11-18(17)21(26)29/h7-8,10-11,16,25H,5-6,9,12-15H2,1-4H3,(H,24,27)/p+1. The van der Waals surface area contributed by atoms with Crippen molar-refractivity contribution in [2.45, 2.75) is 83.3 Å². The predicted molar refractivity (Wildman–Crippen MR) is 112 cm³/mol. The molecule has 1 saturated heterocycles. The number of piperidine rings is 1. The number of carbonyl (C=O) groups is 3. The van der Waals surface area contributed by atoms with E-state index in [2.05, 4.69) is 38.3 Å². The third-order valence-electron chi connectivity index (χ3n) is 5.86. The molecule has 2 aliphatic rings. The van der Waals surface area contributed by atoms with Gasteiger partial charge in [-0.3, -0.25) is 19.3 Å². The van der Waals surface area contributed by atoms with Crippen molar-refractivity contribution in [1.82, 2.24) is 10.2 Å². The lowest BCUT2D eigenvalue weighted by atomic mass is 9.79. The normalized spacial score (nSPS) is 20.6. The average molecular weight is 401 g/mol. The van der Waals surface area contributed by atoms with Gasteiger partial charge in [0.2, 0.25) is 5.91 Å². The van der Waals surface area contributed by atoms with Crippen molar-refractivity contribution in [3.8, 4) is 0 Å². The Kier molecular flexibility index (Phi) is 6.13. The van der Waals surface area contributed by atoms with E-state index in [0.717, 1.165) is 32.1 Å². The maximum Gasteiger partial charge on any atom is 0.261 e. The molecule has 0 spiro atoms. The van der Waals surface area contributed by atoms with Crippen molar-refractivity contribution < 1.29 is 19.7 Å². The van der Waals surface area contributed by atoms with E-state index in [9.17, 15) is 14.4 Å². The van der Waals surface area contributed by atoms with E-state index in [1.165, 1.54) is 4.90 Å². The van der Waals surface area contributed by atoms with E-state index >= 15 is 0 Å². The van der Waals surface area contributed by atoms with Crippen molar-refractivity contribution in [2.75, 3.05) is 6.54 Å². The van der Waals surface area contributed by atoms with E-state index in [4.69, 9.17) is 0 Å². The second kappa shape index (κ2) is 8.27. The predicted octanol–water partition coefficient (Wildman–Crippen LogP) is 2.24. The Morgan fingerprint density at radius 1 is 1.00 bits per heavy atom. The Balaban J connectivity index is 1.38. The van der Waals surface area contributed by atoms with Gasteiger partial charge in [-0.15, -0.1) is 0 Å². The Morgan fingerprint density at radius 3 is 2.10 bits per heavy atom. The number of carbonyl (C=O) groups excluding carboxylic acids is 3. The largest absolute Gasteiger partial charge is 0.353 e. The van der Waals surface area contributed by atoms with Crippen molar-refractivity contribution in [3.63, 3.8) is 0 Å². The monoisotopic (exact) mass is 400 g/mol. The summed E-state index contributed by atoms with van der Waals surface area (Å²) in [6.07, 6.45) is 4.74. The lowest BCUT2D eigenvalue weighted by Crippen LogP contribution is -3.06. The Bertz CT molecular complexity index is 749. The molecule has 0 unspecified atom stereocenters. The van der Waals surface area contributed by atoms with Crippen LogP contribution in [0.1, 0.15) is 86.9 Å². The SMILES string of the molecule is CC1(C)CC(NC(=O)CCCCCN2C(=O)c3ccccc3C2=O)CC(C)(C)[NH2+]1. The lowest BCUT2D eigenvalue weighted by Gasteiger charge is -2.43. The summed E-state index contributed by atoms with van der Waals surface area (Å²) < 4.78 is 0. The zero-order valence-corrected chi connectivity index (χ0v) is 18.1. The highest BCUT2D eigenvalue weighted by molar-refractivity contribution is 6.21. The van der Waals surface area contributed by atoms with E-state index in [-0.39, 0.29) is 34.8 Å². The molecular formula is C23H34N3O3+. The van der Waals surface area contributed by atoms with Gasteiger partial charge < -0.3 is 10.6 Å². The fourth-order valence-corrected chi connectivity index (χ4v) is 5.09. The molecule has 0 radical (unpaired) electrons. The molecule has 6 nitrogen and oxygen atoms in total. The first-order valence-electron chi connectivity index (χ1n) is 10.7. The molecule has 0 bridgehead atoms. The van der Waals surface area contributed by atoms with Crippen LogP contribution in [0, 0.1) is 0 Å². The summed E-state index contributed by atoms with van der Waals surface area (Å²) >= 11 is 0. The van der Waals surface area contributed by atoms with Gasteiger partial charge in [-0.05, 0) is 52.7 Å². The number of quaternary nitrogens is 1. The molecule has 3 amide bonds. The summed E-state index contributed by atoms with van der Waals surface area (Å²) in [5.74, 6) is -0.311. The summed E-state index contributed by atoms with van der Waals surface area (Å²) in [4.78, 5) is 38.4. The lowest BCUT2D eigenvalue weighted by molar-refractivity contribution is -0.787. The number of fused-ring (bicyclic) bond motifs is 1. The van der Waals surface area contributed by atoms with Crippen LogP contribution in [0.4, 0.5) is 0 Å². The zero-order valence-electron chi connectivity index (χ0n) is 18.1. The third kappa shape index (κ3) is 5.24. The van der Waals surface area contributed by atoms with Gasteiger partial charge in [0.25, 0.3) is 11.8 Å². The summed E-state index contributed by atoms with van der Waals surface area (Å²) in [7, 11) is 0. The van der Waals surface area contributed by atoms with Gasteiger partial charge >= 0.3 is 0 Å². The summed E-state index contributed by atoms with van der Waals surface area (Å²) in [5.41, 5.74) is 1.25. The van der Waals surface area contributed by atoms with Crippen LogP contribution in [0.15, 0.2) is 24.3 Å². The van der Waals surface area contributed by atoms with Crippen LogP contribution in [0.2, 0.25) is 0 Å². The molecule has 3 rings (SSSR count). The number of benzene rings is 1. The minimum Gasteiger partial charge on any atom is -0.353 e. The molecule has 2 aliphatic heterocycles. The number of nitrogens with zero attached hydrogens (tertiary/aromatic N) is 1. The first kappa shape index (κ1) is 21.5. The Morgan fingerprint density at radius 2 is 1.55 bits per heavy atom. The van der Waals surface area contributed by atoms with Gasteiger partial charge in [-0.2, -0.15) is 0 Å². The number of nitrogens with one attached hydrogen (secondary N) is 1. The highest BCUT2D eigenvalue weighted by atomic mass is 16.2. The van der Waals surface area contributed by atoms with Crippen molar-refractivity contribution in [1.29, 1.82) is 0 Å². The van der Waals surface area contributed by atoms with Gasteiger partial charge in [-0.1, -0.05) is 18.6 Å².